The van der Waals surface area contributed by atoms with Crippen LogP contribution in [0.4, 0.5) is 0 Å². The maximum Gasteiger partial charge on any atom is 0.326 e. The maximum absolute atomic E-state index is 14.4. The molecular formula is C74H119N17O23S3. The number of nitrogens with zero attached hydrogens (tertiary/aromatic N) is 1. The molecule has 0 fully saturated rings. The maximum atomic E-state index is 14.4. The van der Waals surface area contributed by atoms with Gasteiger partial charge in [-0.3, -0.25) is 86.1 Å². The number of carbonyl (C=O) groups is 18. The number of aliphatic carboxylic acids is 3. The van der Waals surface area contributed by atoms with E-state index < -0.39 is 212 Å². The summed E-state index contributed by atoms with van der Waals surface area (Å²) in [6.07, 6.45) is 2.64. The quantitative estimate of drug-likeness (QED) is 0.0175. The first-order valence-electron chi connectivity index (χ1n) is 38.5. The zero-order chi connectivity index (χ0) is 88.0. The molecule has 1 aromatic carbocycles. The van der Waals surface area contributed by atoms with Crippen LogP contribution in [0.15, 0.2) is 30.5 Å². The van der Waals surface area contributed by atoms with Crippen molar-refractivity contribution < 1.29 is 112 Å². The molecular weight excluding hydrogens is 1590 g/mol. The van der Waals surface area contributed by atoms with E-state index in [1.54, 1.807) is 72.1 Å². The van der Waals surface area contributed by atoms with Gasteiger partial charge in [0.15, 0.2) is 0 Å². The number of rotatable bonds is 60. The predicted octanol–water partition coefficient (Wildman–Crippen LogP) is -3.36. The van der Waals surface area contributed by atoms with Crippen molar-refractivity contribution >= 4 is 153 Å². The standard InChI is InChI=1S/C74H119N17O23S3/c1-10-41(5)61(73(112)90-62(42(6)11-2)72(111)85-53(74(113)114)30-45-32-91(39-94)57-21-15-14-19-46(45)57)89-58(97)22-13-12-18-27-77-64(103)56(36-117-38-79-44(8)96)88-66(105)49(23-24-59(98)99)81-65(104)48(20-16-17-26-75)80-69(108)52(31-60(100)101)84-67(106)50(25-28-115-9)82-68(107)51(29-40(3)4)83-70(109)55(34-93)87-71(110)54(33-92)86-63(102)47(76)35-116-37-78-43(7)95/h14-15,19,21,32,39-42,47-56,61-62,92-93H,10-13,16-18,20,22-31,33-38,75-76H2,1-9H3,(H,77,103)(H,78,95)(H,79,96)(H,80,108)(H,81,104)(H,82,107)(H,83,109)(H,84,106)(H,85,111)(H,86,102)(H,87,110)(H,88,105)(H,89,97)(H,90,112)(H,98,99)(H,100,101)(H,113,114)/t41-,42-,47-,48-,49-,50-,51-,52-,53-,54-,55-,56-,61-,62-/m0/s1. The van der Waals surface area contributed by atoms with Gasteiger partial charge in [0.25, 0.3) is 0 Å². The highest BCUT2D eigenvalue weighted by molar-refractivity contribution is 7.99. The van der Waals surface area contributed by atoms with Crippen LogP contribution in [-0.2, 0) is 92.7 Å². The van der Waals surface area contributed by atoms with Crippen LogP contribution in [0, 0.1) is 17.8 Å². The Bertz CT molecular complexity index is 3670. The number of nitrogens with two attached hydrogens (primary N) is 2. The first-order valence-corrected chi connectivity index (χ1v) is 42.2. The van der Waals surface area contributed by atoms with Gasteiger partial charge in [0.1, 0.15) is 66.5 Å². The van der Waals surface area contributed by atoms with Crippen molar-refractivity contribution in [2.45, 2.75) is 224 Å². The van der Waals surface area contributed by atoms with Gasteiger partial charge < -0.3 is 111 Å². The van der Waals surface area contributed by atoms with E-state index in [0.29, 0.717) is 42.1 Å². The van der Waals surface area contributed by atoms with Crippen molar-refractivity contribution in [2.24, 2.45) is 29.2 Å². The summed E-state index contributed by atoms with van der Waals surface area (Å²) in [6, 6.07) is -11.4. The molecule has 117 heavy (non-hydrogen) atoms. The first-order chi connectivity index (χ1) is 55.4. The molecule has 43 heteroatoms. The number of hydrogen-bond donors (Lipinski definition) is 21. The largest absolute Gasteiger partial charge is 0.481 e. The molecule has 656 valence electrons. The third kappa shape index (κ3) is 39.0. The molecule has 1 heterocycles. The Morgan fingerprint density at radius 2 is 0.974 bits per heavy atom. The Balaban J connectivity index is 2.30. The minimum Gasteiger partial charge on any atom is -0.481 e. The third-order valence-corrected chi connectivity index (χ3v) is 20.9. The van der Waals surface area contributed by atoms with Crippen LogP contribution in [0.1, 0.15) is 151 Å². The second-order valence-corrected chi connectivity index (χ2v) is 31.4. The lowest BCUT2D eigenvalue weighted by Gasteiger charge is -2.29. The molecule has 23 N–H and O–H groups in total. The molecule has 14 amide bonds. The topological polar surface area (TPSA) is 634 Å². The van der Waals surface area contributed by atoms with E-state index in [-0.39, 0.29) is 112 Å². The number of aliphatic hydroxyl groups is 2. The molecule has 0 aliphatic rings. The number of benzene rings is 1. The summed E-state index contributed by atoms with van der Waals surface area (Å²) in [5.41, 5.74) is 12.7. The van der Waals surface area contributed by atoms with E-state index in [1.807, 2.05) is 0 Å². The van der Waals surface area contributed by atoms with Crippen molar-refractivity contribution in [2.75, 3.05) is 61.6 Å². The van der Waals surface area contributed by atoms with E-state index >= 15 is 0 Å². The van der Waals surface area contributed by atoms with Gasteiger partial charge in [-0.25, -0.2) is 4.79 Å². The molecule has 1 aromatic heterocycles. The fraction of sp³-hybridized carbons (Fsp3) is 0.649. The van der Waals surface area contributed by atoms with Crippen LogP contribution in [0.3, 0.4) is 0 Å². The first kappa shape index (κ1) is 103. The highest BCUT2D eigenvalue weighted by Gasteiger charge is 2.38. The Kier molecular flexibility index (Phi) is 49.3. The van der Waals surface area contributed by atoms with E-state index in [2.05, 4.69) is 74.4 Å². The Hall–Kier alpha value is -9.69. The third-order valence-electron chi connectivity index (χ3n) is 18.4. The van der Waals surface area contributed by atoms with Crippen LogP contribution in [0.2, 0.25) is 0 Å². The molecule has 0 aliphatic heterocycles. The molecule has 0 saturated carbocycles. The van der Waals surface area contributed by atoms with Gasteiger partial charge in [0, 0.05) is 62.7 Å². The molecule has 14 atom stereocenters. The van der Waals surface area contributed by atoms with Crippen LogP contribution in [-0.4, -0.2) is 271 Å². The number of aromatic nitrogens is 1. The van der Waals surface area contributed by atoms with E-state index in [0.717, 1.165) is 23.5 Å². The number of carboxylic acid groups (broad SMARTS) is 3. The number of carboxylic acids is 3. The van der Waals surface area contributed by atoms with Crippen LogP contribution in [0.5, 0.6) is 0 Å². The van der Waals surface area contributed by atoms with Gasteiger partial charge in [-0.2, -0.15) is 11.8 Å². The summed E-state index contributed by atoms with van der Waals surface area (Å²) in [5.74, 6) is -17.7. The number of para-hydroxylation sites is 1. The fourth-order valence-electron chi connectivity index (χ4n) is 11.4. The molecule has 2 rings (SSSR count). The van der Waals surface area contributed by atoms with Crippen molar-refractivity contribution in [1.82, 2.24) is 79.0 Å². The van der Waals surface area contributed by atoms with E-state index in [9.17, 15) is 112 Å². The number of thioether (sulfide) groups is 3. The van der Waals surface area contributed by atoms with Crippen LogP contribution < -0.4 is 85.9 Å². The number of fused-ring (bicyclic) bond motifs is 1. The minimum atomic E-state index is -1.98. The second kappa shape index (κ2) is 55.8. The van der Waals surface area contributed by atoms with E-state index in [4.69, 9.17) is 11.5 Å². The number of amides is 14. The van der Waals surface area contributed by atoms with Gasteiger partial charge >= 0.3 is 17.9 Å². The average molecular weight is 1710 g/mol. The van der Waals surface area contributed by atoms with Crippen molar-refractivity contribution in [1.29, 1.82) is 0 Å². The van der Waals surface area contributed by atoms with Gasteiger partial charge in [-0.15, -0.1) is 23.5 Å². The zero-order valence-electron chi connectivity index (χ0n) is 67.5. The normalized spacial score (nSPS) is 14.8. The molecule has 0 bridgehead atoms. The number of aliphatic hydroxyl groups excluding tert-OH is 2. The average Bonchev–Trinajstić information content (AvgIpc) is 1.65. The molecule has 0 spiro atoms. The predicted molar refractivity (Wildman–Crippen MR) is 436 cm³/mol. The highest BCUT2D eigenvalue weighted by atomic mass is 32.2. The summed E-state index contributed by atoms with van der Waals surface area (Å²) in [6.45, 7) is 11.0. The minimum absolute atomic E-state index is 0.00751. The number of unbranched alkanes of at least 4 members (excludes halogenated alkanes) is 3. The summed E-state index contributed by atoms with van der Waals surface area (Å²) in [5, 5.41) is 85.8. The summed E-state index contributed by atoms with van der Waals surface area (Å²) in [4.78, 5) is 238. The van der Waals surface area contributed by atoms with Crippen LogP contribution >= 0.6 is 35.3 Å². The Morgan fingerprint density at radius 1 is 0.496 bits per heavy atom. The van der Waals surface area contributed by atoms with E-state index in [1.165, 1.54) is 36.4 Å². The lowest BCUT2D eigenvalue weighted by Crippen LogP contribution is -2.61. The van der Waals surface area contributed by atoms with Gasteiger partial charge in [0.2, 0.25) is 89.1 Å². The van der Waals surface area contributed by atoms with Crippen molar-refractivity contribution in [3.8, 4) is 0 Å². The van der Waals surface area contributed by atoms with Crippen molar-refractivity contribution in [3.63, 3.8) is 0 Å². The molecule has 0 aliphatic carbocycles. The number of carbonyl (C=O) groups excluding carboxylic acids is 15. The zero-order valence-corrected chi connectivity index (χ0v) is 70.0. The second-order valence-electron chi connectivity index (χ2n) is 28.4. The Labute approximate surface area is 691 Å². The molecule has 40 nitrogen and oxygen atoms in total. The molecule has 0 unspecified atom stereocenters. The fourth-order valence-corrected chi connectivity index (χ4v) is 13.6. The molecule has 2 aromatic rings. The Morgan fingerprint density at radius 3 is 1.50 bits per heavy atom. The van der Waals surface area contributed by atoms with Gasteiger partial charge in [-0.1, -0.05) is 79.0 Å². The lowest BCUT2D eigenvalue weighted by atomic mass is 9.94. The summed E-state index contributed by atoms with van der Waals surface area (Å²) in [7, 11) is 0. The van der Waals surface area contributed by atoms with Crippen LogP contribution in [0.25, 0.3) is 10.9 Å². The molecule has 0 radical (unpaired) electrons. The lowest BCUT2D eigenvalue weighted by molar-refractivity contribution is -0.142. The smallest absolute Gasteiger partial charge is 0.326 e. The SMILES string of the molecule is CC[C@H](C)[C@H](NC(=O)CCCCCNC(=O)[C@H](CSCNC(C)=O)NC(=O)[C@H](CCC(=O)O)NC(=O)[C@H](CCCCN)NC(=O)[C@H](CC(=O)O)NC(=O)[C@H](CCSC)NC(=O)[C@H](CC(C)C)NC(=O)[C@H](CO)NC(=O)[C@H](CO)NC(=O)[C@@H](N)CSCNC(C)=O)C(=O)N[C@H](C(=O)N[C@@H](Cc1cn(C=O)c2ccccc12)C(=O)O)[C@@H](C)CC. The highest BCUT2D eigenvalue weighted by Crippen LogP contribution is 2.23. The summed E-state index contributed by atoms with van der Waals surface area (Å²) < 4.78 is 1.30. The monoisotopic (exact) mass is 1710 g/mol. The van der Waals surface area contributed by atoms with Gasteiger partial charge in [0.05, 0.1) is 42.9 Å². The number of nitrogens with one attached hydrogen (secondary N) is 14. The summed E-state index contributed by atoms with van der Waals surface area (Å²) >= 11 is 3.33. The molecule has 0 saturated heterocycles. The number of hydrogen-bond acceptors (Lipinski definition) is 25. The van der Waals surface area contributed by atoms with Gasteiger partial charge in [-0.05, 0) is 99.3 Å². The van der Waals surface area contributed by atoms with Crippen molar-refractivity contribution in [3.05, 3.63) is 36.0 Å².